The summed E-state index contributed by atoms with van der Waals surface area (Å²) in [7, 11) is -4.15. The third-order valence-electron chi connectivity index (χ3n) is 3.28. The molecular formula is C12H22N4O6S. The van der Waals surface area contributed by atoms with Crippen molar-refractivity contribution in [3.8, 4) is 0 Å². The van der Waals surface area contributed by atoms with Gasteiger partial charge in [-0.15, -0.1) is 0 Å². The van der Waals surface area contributed by atoms with Crippen LogP contribution in [0.25, 0.3) is 0 Å². The molecule has 23 heavy (non-hydrogen) atoms. The molecule has 0 aromatic rings. The first-order chi connectivity index (χ1) is 10.7. The average Bonchev–Trinajstić information content (AvgIpc) is 2.63. The molecule has 11 heteroatoms. The van der Waals surface area contributed by atoms with Crippen LogP contribution in [0.15, 0.2) is 12.2 Å². The van der Waals surface area contributed by atoms with Gasteiger partial charge in [-0.25, -0.2) is 11.0 Å². The van der Waals surface area contributed by atoms with Crippen LogP contribution in [0.2, 0.25) is 0 Å². The van der Waals surface area contributed by atoms with Crippen molar-refractivity contribution in [2.24, 2.45) is 5.92 Å². The monoisotopic (exact) mass is 350 g/mol. The van der Waals surface area contributed by atoms with E-state index in [9.17, 15) is 18.0 Å². The van der Waals surface area contributed by atoms with Gasteiger partial charge >= 0.3 is 0 Å². The Balaban J connectivity index is 3.16. The zero-order valence-corrected chi connectivity index (χ0v) is 13.8. The van der Waals surface area contributed by atoms with Crippen molar-refractivity contribution in [2.45, 2.75) is 26.3 Å². The van der Waals surface area contributed by atoms with Crippen molar-refractivity contribution in [1.29, 1.82) is 0 Å². The van der Waals surface area contributed by atoms with E-state index in [1.54, 1.807) is 12.2 Å². The molecule has 0 bridgehead atoms. The smallest absolute Gasteiger partial charge is 0.283 e. The highest BCUT2D eigenvalue weighted by molar-refractivity contribution is 7.86. The standard InChI is InChI=1S/C12H22N4O6S/c1-9(2)7-10(12(18)14-20)16-6-4-3-5-15(23(16,21)22)8-11(17)13-19/h3-4,9-10,19-20H,5-8H2,1-2H3,(H,13,17)(H,14,18)/t10-/m0/s1. The number of nitrogens with one attached hydrogen (secondary N) is 2. The molecule has 0 aromatic heterocycles. The summed E-state index contributed by atoms with van der Waals surface area (Å²) >= 11 is 0. The molecule has 0 saturated heterocycles. The van der Waals surface area contributed by atoms with Crippen molar-refractivity contribution in [3.05, 3.63) is 12.2 Å². The summed E-state index contributed by atoms with van der Waals surface area (Å²) in [4.78, 5) is 23.2. The van der Waals surface area contributed by atoms with Gasteiger partial charge in [0.2, 0.25) is 0 Å². The first kappa shape index (κ1) is 19.5. The summed E-state index contributed by atoms with van der Waals surface area (Å²) in [6.45, 7) is 2.91. The third-order valence-corrected chi connectivity index (χ3v) is 5.21. The Labute approximate surface area is 134 Å². The molecule has 0 unspecified atom stereocenters. The van der Waals surface area contributed by atoms with Crippen molar-refractivity contribution < 1.29 is 28.4 Å². The lowest BCUT2D eigenvalue weighted by atomic mass is 10.0. The minimum Gasteiger partial charge on any atom is -0.289 e. The fourth-order valence-electron chi connectivity index (χ4n) is 2.21. The molecular weight excluding hydrogens is 328 g/mol. The van der Waals surface area contributed by atoms with Gasteiger partial charge in [0.1, 0.15) is 6.04 Å². The summed E-state index contributed by atoms with van der Waals surface area (Å²) < 4.78 is 27.2. The van der Waals surface area contributed by atoms with Gasteiger partial charge in [0.25, 0.3) is 22.0 Å². The Morgan fingerprint density at radius 2 is 1.78 bits per heavy atom. The Hall–Kier alpha value is -1.53. The van der Waals surface area contributed by atoms with Crippen LogP contribution < -0.4 is 11.0 Å². The number of hydroxylamine groups is 2. The first-order valence-corrected chi connectivity index (χ1v) is 8.42. The number of hydrogen-bond donors (Lipinski definition) is 4. The summed E-state index contributed by atoms with van der Waals surface area (Å²) in [5.74, 6) is -1.74. The molecule has 2 amide bonds. The molecule has 4 N–H and O–H groups in total. The number of nitrogens with zero attached hydrogens (tertiary/aromatic N) is 2. The molecule has 10 nitrogen and oxygen atoms in total. The summed E-state index contributed by atoms with van der Waals surface area (Å²) in [6, 6.07) is -1.12. The Morgan fingerprint density at radius 3 is 2.30 bits per heavy atom. The largest absolute Gasteiger partial charge is 0.289 e. The van der Waals surface area contributed by atoms with E-state index < -0.39 is 34.6 Å². The number of rotatable bonds is 6. The lowest BCUT2D eigenvalue weighted by molar-refractivity contribution is -0.133. The minimum atomic E-state index is -4.15. The van der Waals surface area contributed by atoms with Gasteiger partial charge in [-0.1, -0.05) is 26.0 Å². The highest BCUT2D eigenvalue weighted by Crippen LogP contribution is 2.20. The van der Waals surface area contributed by atoms with Gasteiger partial charge in [-0.05, 0) is 12.3 Å². The zero-order valence-electron chi connectivity index (χ0n) is 13.0. The van der Waals surface area contributed by atoms with Crippen molar-refractivity contribution in [2.75, 3.05) is 19.6 Å². The Bertz CT molecular complexity index is 562. The van der Waals surface area contributed by atoms with E-state index in [2.05, 4.69) is 0 Å². The van der Waals surface area contributed by atoms with Gasteiger partial charge in [0, 0.05) is 13.1 Å². The molecule has 132 valence electrons. The average molecular weight is 350 g/mol. The quantitative estimate of drug-likeness (QED) is 0.270. The molecule has 0 aliphatic carbocycles. The number of carbonyl (C=O) groups is 2. The SMILES string of the molecule is CC(C)C[C@@H](C(=O)NO)N1CC=CCN(CC(=O)NO)S1(=O)=O. The second-order valence-electron chi connectivity index (χ2n) is 5.50. The second-order valence-corrected chi connectivity index (χ2v) is 7.38. The van der Waals surface area contributed by atoms with Crippen LogP contribution in [0.5, 0.6) is 0 Å². The number of carbonyl (C=O) groups excluding carboxylic acids is 2. The summed E-state index contributed by atoms with van der Waals surface area (Å²) in [5.41, 5.74) is 2.86. The van der Waals surface area contributed by atoms with E-state index in [-0.39, 0.29) is 25.4 Å². The lowest BCUT2D eigenvalue weighted by Crippen LogP contribution is -2.54. The van der Waals surface area contributed by atoms with Crippen LogP contribution in [0, 0.1) is 5.92 Å². The first-order valence-electron chi connectivity index (χ1n) is 7.02. The van der Waals surface area contributed by atoms with Gasteiger partial charge in [0.15, 0.2) is 0 Å². The Morgan fingerprint density at radius 1 is 1.17 bits per heavy atom. The van der Waals surface area contributed by atoms with Gasteiger partial charge in [-0.2, -0.15) is 17.0 Å². The highest BCUT2D eigenvalue weighted by Gasteiger charge is 2.39. The normalized spacial score (nSPS) is 20.0. The van der Waals surface area contributed by atoms with Crippen LogP contribution >= 0.6 is 0 Å². The molecule has 0 radical (unpaired) electrons. The van der Waals surface area contributed by atoms with Crippen LogP contribution in [0.1, 0.15) is 20.3 Å². The Kier molecular flexibility index (Phi) is 7.09. The minimum absolute atomic E-state index is 0.00563. The maximum Gasteiger partial charge on any atom is 0.283 e. The van der Waals surface area contributed by atoms with Crippen LogP contribution in [-0.4, -0.2) is 64.9 Å². The molecule has 1 aliphatic rings. The van der Waals surface area contributed by atoms with Crippen molar-refractivity contribution in [1.82, 2.24) is 19.6 Å². The summed E-state index contributed by atoms with van der Waals surface area (Å²) in [5, 5.41) is 17.5. The molecule has 1 atom stereocenters. The van der Waals surface area contributed by atoms with E-state index in [4.69, 9.17) is 10.4 Å². The van der Waals surface area contributed by atoms with Gasteiger partial charge in [-0.3, -0.25) is 20.0 Å². The molecule has 0 spiro atoms. The van der Waals surface area contributed by atoms with Gasteiger partial charge in [0.05, 0.1) is 6.54 Å². The van der Waals surface area contributed by atoms with E-state index in [1.165, 1.54) is 11.0 Å². The van der Waals surface area contributed by atoms with Crippen LogP contribution in [-0.2, 0) is 19.8 Å². The molecule has 0 fully saturated rings. The second kappa shape index (κ2) is 8.36. The van der Waals surface area contributed by atoms with E-state index in [1.807, 2.05) is 13.8 Å². The highest BCUT2D eigenvalue weighted by atomic mass is 32.2. The molecule has 1 aliphatic heterocycles. The van der Waals surface area contributed by atoms with Crippen LogP contribution in [0.3, 0.4) is 0 Å². The predicted molar refractivity (Wildman–Crippen MR) is 79.4 cm³/mol. The number of amides is 2. The molecule has 1 rings (SSSR count). The predicted octanol–water partition coefficient (Wildman–Crippen LogP) is -1.17. The van der Waals surface area contributed by atoms with E-state index >= 15 is 0 Å². The fraction of sp³-hybridized carbons (Fsp3) is 0.667. The van der Waals surface area contributed by atoms with Crippen molar-refractivity contribution in [3.63, 3.8) is 0 Å². The zero-order chi connectivity index (χ0) is 17.6. The number of hydrogen-bond acceptors (Lipinski definition) is 6. The maximum absolute atomic E-state index is 12.7. The summed E-state index contributed by atoms with van der Waals surface area (Å²) in [6.07, 6.45) is 3.30. The molecule has 1 heterocycles. The topological polar surface area (TPSA) is 139 Å². The molecule has 0 saturated carbocycles. The van der Waals surface area contributed by atoms with Crippen LogP contribution in [0.4, 0.5) is 0 Å². The van der Waals surface area contributed by atoms with Crippen molar-refractivity contribution >= 4 is 22.0 Å². The van der Waals surface area contributed by atoms with E-state index in [0.29, 0.717) is 0 Å². The maximum atomic E-state index is 12.7. The lowest BCUT2D eigenvalue weighted by Gasteiger charge is -2.32. The third kappa shape index (κ3) is 4.97. The fourth-order valence-corrected chi connectivity index (χ4v) is 3.84. The van der Waals surface area contributed by atoms with Gasteiger partial charge < -0.3 is 0 Å². The van der Waals surface area contributed by atoms with E-state index in [0.717, 1.165) is 8.61 Å². The molecule has 0 aromatic carbocycles.